The first-order valence-corrected chi connectivity index (χ1v) is 11.5. The first-order chi connectivity index (χ1) is 13.6. The van der Waals surface area contributed by atoms with E-state index in [1.165, 1.54) is 16.4 Å². The fourth-order valence-corrected chi connectivity index (χ4v) is 4.65. The number of anilines is 1. The topological polar surface area (TPSA) is 97.2 Å². The van der Waals surface area contributed by atoms with Crippen LogP contribution < -0.4 is 10.2 Å². The lowest BCUT2D eigenvalue weighted by Crippen LogP contribution is -3.14. The lowest BCUT2D eigenvalue weighted by atomic mass is 9.97. The molecular weight excluding hydrogens is 394 g/mol. The van der Waals surface area contributed by atoms with Crippen LogP contribution in [0.3, 0.4) is 0 Å². The highest BCUT2D eigenvalue weighted by Crippen LogP contribution is 2.19. The third kappa shape index (κ3) is 6.25. The Morgan fingerprint density at radius 2 is 1.79 bits per heavy atom. The van der Waals surface area contributed by atoms with E-state index >= 15 is 0 Å². The van der Waals surface area contributed by atoms with Crippen molar-refractivity contribution in [2.24, 2.45) is 5.92 Å². The number of benzene rings is 1. The zero-order chi connectivity index (χ0) is 21.6. The summed E-state index contributed by atoms with van der Waals surface area (Å²) in [6.07, 6.45) is 1.44. The standard InChI is InChI=1S/C20H31N3O5S/c1-5-28-20(25)16-10-12-23(13-11-16)14-19(24)21-17-6-8-18(9-7-17)29(26,27)22(4)15(2)3/h6-9,15-16H,5,10-14H2,1-4H3,(H,21,24)/p+1. The zero-order valence-corrected chi connectivity index (χ0v) is 18.4. The van der Waals surface area contributed by atoms with Crippen LogP contribution in [0, 0.1) is 5.92 Å². The Morgan fingerprint density at radius 3 is 2.31 bits per heavy atom. The molecule has 1 aliphatic rings. The fraction of sp³-hybridized carbons (Fsp3) is 0.600. The Kier molecular flexibility index (Phi) is 8.18. The van der Waals surface area contributed by atoms with Crippen molar-refractivity contribution in [2.75, 3.05) is 38.6 Å². The first kappa shape index (κ1) is 23.3. The molecule has 29 heavy (non-hydrogen) atoms. The van der Waals surface area contributed by atoms with E-state index in [-0.39, 0.29) is 28.7 Å². The summed E-state index contributed by atoms with van der Waals surface area (Å²) in [7, 11) is -2.00. The number of sulfonamides is 1. The zero-order valence-electron chi connectivity index (χ0n) is 17.6. The molecule has 162 valence electrons. The minimum atomic E-state index is -3.54. The number of hydrogen-bond acceptors (Lipinski definition) is 5. The Labute approximate surface area is 173 Å². The number of carbonyl (C=O) groups is 2. The van der Waals surface area contributed by atoms with E-state index in [2.05, 4.69) is 5.32 Å². The number of carbonyl (C=O) groups excluding carboxylic acids is 2. The molecule has 1 amide bonds. The predicted octanol–water partition coefficient (Wildman–Crippen LogP) is 0.512. The molecule has 0 unspecified atom stereocenters. The Balaban J connectivity index is 1.87. The van der Waals surface area contributed by atoms with E-state index in [0.29, 0.717) is 18.8 Å². The van der Waals surface area contributed by atoms with Gasteiger partial charge in [0.1, 0.15) is 0 Å². The number of nitrogens with one attached hydrogen (secondary N) is 2. The van der Waals surface area contributed by atoms with Gasteiger partial charge in [-0.05, 0) is 45.0 Å². The summed E-state index contributed by atoms with van der Waals surface area (Å²) in [5.74, 6) is -0.348. The third-order valence-corrected chi connectivity index (χ3v) is 7.31. The highest BCUT2D eigenvalue weighted by atomic mass is 32.2. The maximum atomic E-state index is 12.5. The Morgan fingerprint density at radius 1 is 1.21 bits per heavy atom. The molecule has 1 aromatic carbocycles. The molecule has 8 nitrogen and oxygen atoms in total. The van der Waals surface area contributed by atoms with Crippen LogP contribution >= 0.6 is 0 Å². The van der Waals surface area contributed by atoms with Crippen molar-refractivity contribution in [3.8, 4) is 0 Å². The van der Waals surface area contributed by atoms with Gasteiger partial charge in [-0.1, -0.05) is 0 Å². The minimum absolute atomic E-state index is 0.0692. The fourth-order valence-electron chi connectivity index (χ4n) is 3.28. The van der Waals surface area contributed by atoms with Gasteiger partial charge >= 0.3 is 5.97 Å². The SMILES string of the molecule is CCOC(=O)C1CC[NH+](CC(=O)Nc2ccc(S(=O)(=O)N(C)C(C)C)cc2)CC1. The third-order valence-electron chi connectivity index (χ3n) is 5.27. The molecule has 1 saturated heterocycles. The van der Waals surface area contributed by atoms with Crippen LogP contribution in [-0.2, 0) is 24.3 Å². The lowest BCUT2D eigenvalue weighted by Gasteiger charge is -2.27. The number of hydrogen-bond donors (Lipinski definition) is 2. The molecule has 0 spiro atoms. The Hall–Kier alpha value is -1.97. The number of nitrogens with zero attached hydrogens (tertiary/aromatic N) is 1. The van der Waals surface area contributed by atoms with E-state index in [0.717, 1.165) is 30.8 Å². The molecule has 2 rings (SSSR count). The van der Waals surface area contributed by atoms with Crippen molar-refractivity contribution in [2.45, 2.75) is 44.6 Å². The van der Waals surface area contributed by atoms with E-state index < -0.39 is 10.0 Å². The Bertz CT molecular complexity index is 800. The first-order valence-electron chi connectivity index (χ1n) is 10.0. The largest absolute Gasteiger partial charge is 0.466 e. The van der Waals surface area contributed by atoms with Crippen LogP contribution in [-0.4, -0.2) is 63.9 Å². The second-order valence-corrected chi connectivity index (χ2v) is 9.64. The summed E-state index contributed by atoms with van der Waals surface area (Å²) in [6.45, 7) is 7.61. The van der Waals surface area contributed by atoms with Gasteiger partial charge in [0.25, 0.3) is 5.91 Å². The van der Waals surface area contributed by atoms with Gasteiger partial charge in [0.05, 0.1) is 30.5 Å². The monoisotopic (exact) mass is 426 g/mol. The van der Waals surface area contributed by atoms with Gasteiger partial charge in [-0.3, -0.25) is 9.59 Å². The van der Waals surface area contributed by atoms with Gasteiger partial charge in [-0.2, -0.15) is 4.31 Å². The second kappa shape index (κ2) is 10.2. The summed E-state index contributed by atoms with van der Waals surface area (Å²) in [5.41, 5.74) is 0.557. The van der Waals surface area contributed by atoms with Gasteiger partial charge in [0.2, 0.25) is 10.0 Å². The maximum absolute atomic E-state index is 12.5. The number of amides is 1. The number of piperidine rings is 1. The average molecular weight is 427 g/mol. The summed E-state index contributed by atoms with van der Waals surface area (Å²) >= 11 is 0. The van der Waals surface area contributed by atoms with Gasteiger partial charge in [0.15, 0.2) is 6.54 Å². The molecule has 1 aliphatic heterocycles. The molecule has 0 aromatic heterocycles. The molecule has 1 aromatic rings. The molecule has 0 aliphatic carbocycles. The van der Waals surface area contributed by atoms with Crippen LogP contribution in [0.15, 0.2) is 29.2 Å². The number of esters is 1. The van der Waals surface area contributed by atoms with Crippen molar-refractivity contribution >= 4 is 27.6 Å². The minimum Gasteiger partial charge on any atom is -0.466 e. The number of rotatable bonds is 8. The lowest BCUT2D eigenvalue weighted by molar-refractivity contribution is -0.897. The molecule has 0 atom stereocenters. The molecule has 0 radical (unpaired) electrons. The van der Waals surface area contributed by atoms with Gasteiger partial charge in [0, 0.05) is 31.6 Å². The van der Waals surface area contributed by atoms with Crippen molar-refractivity contribution in [3.63, 3.8) is 0 Å². The van der Waals surface area contributed by atoms with Crippen molar-refractivity contribution in [1.82, 2.24) is 4.31 Å². The summed E-state index contributed by atoms with van der Waals surface area (Å²) in [6, 6.07) is 6.06. The second-order valence-electron chi connectivity index (χ2n) is 7.64. The quantitative estimate of drug-likeness (QED) is 0.591. The van der Waals surface area contributed by atoms with Crippen molar-refractivity contribution in [1.29, 1.82) is 0 Å². The number of quaternary nitrogens is 1. The van der Waals surface area contributed by atoms with Crippen LogP contribution in [0.5, 0.6) is 0 Å². The molecule has 0 saturated carbocycles. The van der Waals surface area contributed by atoms with E-state index in [1.807, 2.05) is 13.8 Å². The maximum Gasteiger partial charge on any atom is 0.309 e. The van der Waals surface area contributed by atoms with Crippen molar-refractivity contribution < 1.29 is 27.6 Å². The molecule has 2 N–H and O–H groups in total. The van der Waals surface area contributed by atoms with Gasteiger partial charge in [-0.15, -0.1) is 0 Å². The number of likely N-dealkylation sites (tertiary alicyclic amines) is 1. The normalized spacial score (nSPS) is 19.9. The van der Waals surface area contributed by atoms with Crippen LogP contribution in [0.25, 0.3) is 0 Å². The number of ether oxygens (including phenoxy) is 1. The summed E-state index contributed by atoms with van der Waals surface area (Å²) < 4.78 is 31.3. The highest BCUT2D eigenvalue weighted by Gasteiger charge is 2.29. The van der Waals surface area contributed by atoms with Crippen LogP contribution in [0.2, 0.25) is 0 Å². The van der Waals surface area contributed by atoms with E-state index in [4.69, 9.17) is 4.74 Å². The van der Waals surface area contributed by atoms with E-state index in [1.54, 1.807) is 26.1 Å². The molecule has 9 heteroatoms. The highest BCUT2D eigenvalue weighted by molar-refractivity contribution is 7.89. The predicted molar refractivity (Wildman–Crippen MR) is 110 cm³/mol. The average Bonchev–Trinajstić information content (AvgIpc) is 2.68. The smallest absolute Gasteiger partial charge is 0.309 e. The molecule has 1 fully saturated rings. The van der Waals surface area contributed by atoms with E-state index in [9.17, 15) is 18.0 Å². The molecular formula is C20H32N3O5S+. The molecule has 0 bridgehead atoms. The van der Waals surface area contributed by atoms with Crippen molar-refractivity contribution in [3.05, 3.63) is 24.3 Å². The summed E-state index contributed by atoms with van der Waals surface area (Å²) in [5, 5.41) is 2.81. The van der Waals surface area contributed by atoms with Gasteiger partial charge < -0.3 is 15.0 Å². The molecule has 1 heterocycles. The van der Waals surface area contributed by atoms with Crippen LogP contribution in [0.1, 0.15) is 33.6 Å². The van der Waals surface area contributed by atoms with Crippen LogP contribution in [0.4, 0.5) is 5.69 Å². The van der Waals surface area contributed by atoms with Gasteiger partial charge in [-0.25, -0.2) is 8.42 Å². The summed E-state index contributed by atoms with van der Waals surface area (Å²) in [4.78, 5) is 25.4.